The van der Waals surface area contributed by atoms with Crippen molar-refractivity contribution in [3.63, 3.8) is 0 Å². The van der Waals surface area contributed by atoms with Crippen molar-refractivity contribution in [2.45, 2.75) is 271 Å². The molecule has 0 saturated heterocycles. The maximum Gasteiger partial charge on any atom is 0.306 e. The maximum atomic E-state index is 12.8. The van der Waals surface area contributed by atoms with Gasteiger partial charge >= 0.3 is 11.9 Å². The lowest BCUT2D eigenvalue weighted by Crippen LogP contribution is -2.30. The Morgan fingerprint density at radius 2 is 0.682 bits per heavy atom. The van der Waals surface area contributed by atoms with Crippen LogP contribution in [0.1, 0.15) is 265 Å². The minimum Gasteiger partial charge on any atom is -0.462 e. The molecule has 0 saturated carbocycles. The summed E-state index contributed by atoms with van der Waals surface area (Å²) in [4.78, 5) is 25.5. The Morgan fingerprint density at radius 1 is 0.348 bits per heavy atom. The molecule has 1 unspecified atom stereocenters. The van der Waals surface area contributed by atoms with Crippen LogP contribution in [-0.4, -0.2) is 37.9 Å². The van der Waals surface area contributed by atoms with Gasteiger partial charge in [0.05, 0.1) is 6.61 Å². The average molecular weight is 920 g/mol. The van der Waals surface area contributed by atoms with E-state index in [1.807, 2.05) is 0 Å². The van der Waals surface area contributed by atoms with Crippen LogP contribution < -0.4 is 0 Å². The number of rotatable bonds is 51. The SMILES string of the molecule is CC/C=C\C/C=C\C/C=C\C/C=C\CCCCCCC(=O)OCC(COCCCCCCCCCC/C=C\C/C=C\C/C=C\CC)OC(=O)CCCCCCCCCCCCCCCCC. The van der Waals surface area contributed by atoms with E-state index < -0.39 is 6.10 Å². The van der Waals surface area contributed by atoms with Gasteiger partial charge in [-0.25, -0.2) is 0 Å². The summed E-state index contributed by atoms with van der Waals surface area (Å²) < 4.78 is 17.5. The van der Waals surface area contributed by atoms with Gasteiger partial charge in [0.15, 0.2) is 6.10 Å². The van der Waals surface area contributed by atoms with Gasteiger partial charge in [-0.05, 0) is 89.9 Å². The monoisotopic (exact) mass is 919 g/mol. The maximum absolute atomic E-state index is 12.8. The predicted octanol–water partition coefficient (Wildman–Crippen LogP) is 19.2. The van der Waals surface area contributed by atoms with Crippen LogP contribution in [0.4, 0.5) is 0 Å². The third kappa shape index (κ3) is 53.7. The molecule has 380 valence electrons. The first kappa shape index (κ1) is 63.1. The van der Waals surface area contributed by atoms with Crippen LogP contribution in [0.5, 0.6) is 0 Å². The second-order valence-electron chi connectivity index (χ2n) is 18.4. The first-order chi connectivity index (χ1) is 32.6. The highest BCUT2D eigenvalue weighted by Crippen LogP contribution is 2.15. The molecule has 0 aliphatic rings. The molecule has 0 aliphatic heterocycles. The summed E-state index contributed by atoms with van der Waals surface area (Å²) in [6.45, 7) is 7.59. The molecule has 0 rings (SSSR count). The van der Waals surface area contributed by atoms with Gasteiger partial charge in [-0.15, -0.1) is 0 Å². The predicted molar refractivity (Wildman–Crippen MR) is 288 cm³/mol. The van der Waals surface area contributed by atoms with Gasteiger partial charge in [0.1, 0.15) is 6.61 Å². The van der Waals surface area contributed by atoms with E-state index in [1.54, 1.807) is 0 Å². The molecule has 0 N–H and O–H groups in total. The molecule has 0 aliphatic carbocycles. The summed E-state index contributed by atoms with van der Waals surface area (Å²) in [6, 6.07) is 0. The largest absolute Gasteiger partial charge is 0.462 e. The third-order valence-corrected chi connectivity index (χ3v) is 11.9. The second-order valence-corrected chi connectivity index (χ2v) is 18.4. The molecule has 0 amide bonds. The van der Waals surface area contributed by atoms with Crippen molar-refractivity contribution >= 4 is 11.9 Å². The van der Waals surface area contributed by atoms with E-state index in [1.165, 1.54) is 128 Å². The Kier molecular flexibility index (Phi) is 53.9. The summed E-state index contributed by atoms with van der Waals surface area (Å²) in [6.07, 6.45) is 74.6. The van der Waals surface area contributed by atoms with Crippen molar-refractivity contribution in [1.82, 2.24) is 0 Å². The van der Waals surface area contributed by atoms with E-state index in [2.05, 4.69) is 106 Å². The summed E-state index contributed by atoms with van der Waals surface area (Å²) >= 11 is 0. The van der Waals surface area contributed by atoms with E-state index in [0.29, 0.717) is 19.4 Å². The highest BCUT2D eigenvalue weighted by molar-refractivity contribution is 5.70. The number of carbonyl (C=O) groups excluding carboxylic acids is 2. The van der Waals surface area contributed by atoms with E-state index in [9.17, 15) is 9.59 Å². The zero-order valence-corrected chi connectivity index (χ0v) is 43.7. The highest BCUT2D eigenvalue weighted by Gasteiger charge is 2.17. The molecule has 66 heavy (non-hydrogen) atoms. The quantitative estimate of drug-likeness (QED) is 0.0346. The summed E-state index contributed by atoms with van der Waals surface area (Å²) in [5.74, 6) is -0.422. The summed E-state index contributed by atoms with van der Waals surface area (Å²) in [5.41, 5.74) is 0. The fourth-order valence-electron chi connectivity index (χ4n) is 7.81. The lowest BCUT2D eigenvalue weighted by Gasteiger charge is -2.18. The number of hydrogen-bond acceptors (Lipinski definition) is 5. The zero-order chi connectivity index (χ0) is 47.7. The Labute approximate surface area is 409 Å². The molecule has 0 aromatic carbocycles. The second kappa shape index (κ2) is 56.4. The molecule has 5 nitrogen and oxygen atoms in total. The molecule has 5 heteroatoms. The molecule has 0 heterocycles. The van der Waals surface area contributed by atoms with Crippen LogP contribution >= 0.6 is 0 Å². The zero-order valence-electron chi connectivity index (χ0n) is 43.7. The van der Waals surface area contributed by atoms with Crippen molar-refractivity contribution in [3.05, 3.63) is 85.1 Å². The topological polar surface area (TPSA) is 61.8 Å². The molecule has 0 radical (unpaired) electrons. The van der Waals surface area contributed by atoms with E-state index in [4.69, 9.17) is 14.2 Å². The van der Waals surface area contributed by atoms with Crippen molar-refractivity contribution in [2.24, 2.45) is 0 Å². The van der Waals surface area contributed by atoms with Crippen molar-refractivity contribution in [1.29, 1.82) is 0 Å². The summed E-state index contributed by atoms with van der Waals surface area (Å²) in [5, 5.41) is 0. The number of unbranched alkanes of at least 4 members (excludes halogenated alkanes) is 26. The standard InChI is InChI=1S/C61H106O5/c1-4-7-10-13-16-19-22-25-28-30-32-35-38-41-44-47-50-53-56-64-57-59(66-61(63)55-52-49-46-43-40-37-33-27-24-21-18-15-12-9-6-3)58-65-60(62)54-51-48-45-42-39-36-34-31-29-26-23-20-17-14-11-8-5-2/h7-8,10-11,16-17,19-20,25-26,28-29,34,36,59H,4-6,9,12-15,18,21-24,27,30-33,35,37-58H2,1-3H3/b10-7-,11-8-,19-16-,20-17-,28-25-,29-26-,36-34-. The molecule has 0 bridgehead atoms. The Balaban J connectivity index is 4.32. The van der Waals surface area contributed by atoms with Crippen LogP contribution in [0, 0.1) is 0 Å². The van der Waals surface area contributed by atoms with Gasteiger partial charge in [0.25, 0.3) is 0 Å². The minimum absolute atomic E-state index is 0.0685. The van der Waals surface area contributed by atoms with E-state index >= 15 is 0 Å². The van der Waals surface area contributed by atoms with E-state index in [-0.39, 0.29) is 25.2 Å². The number of carbonyl (C=O) groups is 2. The molecular formula is C61H106O5. The van der Waals surface area contributed by atoms with Crippen LogP contribution in [0.15, 0.2) is 85.1 Å². The number of esters is 2. The lowest BCUT2D eigenvalue weighted by molar-refractivity contribution is -0.163. The molecule has 0 aromatic rings. The normalized spacial score (nSPS) is 12.8. The molecule has 0 spiro atoms. The van der Waals surface area contributed by atoms with Crippen LogP contribution in [0.3, 0.4) is 0 Å². The van der Waals surface area contributed by atoms with Gasteiger partial charge in [-0.3, -0.25) is 9.59 Å². The van der Waals surface area contributed by atoms with Crippen LogP contribution in [0.25, 0.3) is 0 Å². The molecular weight excluding hydrogens is 813 g/mol. The lowest BCUT2D eigenvalue weighted by atomic mass is 10.0. The smallest absolute Gasteiger partial charge is 0.306 e. The Hall–Kier alpha value is -2.92. The highest BCUT2D eigenvalue weighted by atomic mass is 16.6. The van der Waals surface area contributed by atoms with Gasteiger partial charge in [-0.1, -0.05) is 247 Å². The third-order valence-electron chi connectivity index (χ3n) is 11.9. The van der Waals surface area contributed by atoms with Crippen molar-refractivity contribution < 1.29 is 23.8 Å². The molecule has 0 fully saturated rings. The summed E-state index contributed by atoms with van der Waals surface area (Å²) in [7, 11) is 0. The van der Waals surface area contributed by atoms with Gasteiger partial charge < -0.3 is 14.2 Å². The van der Waals surface area contributed by atoms with Crippen molar-refractivity contribution in [3.8, 4) is 0 Å². The van der Waals surface area contributed by atoms with Crippen molar-refractivity contribution in [2.75, 3.05) is 19.8 Å². The van der Waals surface area contributed by atoms with Crippen LogP contribution in [-0.2, 0) is 23.8 Å². The number of ether oxygens (including phenoxy) is 3. The minimum atomic E-state index is -0.553. The fraction of sp³-hybridized carbons (Fsp3) is 0.738. The van der Waals surface area contributed by atoms with Gasteiger partial charge in [0.2, 0.25) is 0 Å². The van der Waals surface area contributed by atoms with Gasteiger partial charge in [-0.2, -0.15) is 0 Å². The fourth-order valence-corrected chi connectivity index (χ4v) is 7.81. The van der Waals surface area contributed by atoms with E-state index in [0.717, 1.165) is 103 Å². The van der Waals surface area contributed by atoms with Gasteiger partial charge in [0, 0.05) is 19.4 Å². The first-order valence-corrected chi connectivity index (χ1v) is 28.1. The first-order valence-electron chi connectivity index (χ1n) is 28.1. The Bertz CT molecular complexity index is 1220. The number of allylic oxidation sites excluding steroid dienone is 14. The average Bonchev–Trinajstić information content (AvgIpc) is 3.32. The molecule has 1 atom stereocenters. The number of hydrogen-bond donors (Lipinski definition) is 0. The Morgan fingerprint density at radius 3 is 1.09 bits per heavy atom. The molecule has 0 aromatic heterocycles. The van der Waals surface area contributed by atoms with Crippen LogP contribution in [0.2, 0.25) is 0 Å².